The average molecular weight is 1260 g/mol. The van der Waals surface area contributed by atoms with Crippen LogP contribution in [0.5, 0.6) is 0 Å². The summed E-state index contributed by atoms with van der Waals surface area (Å²) < 4.78 is 6.16. The van der Waals surface area contributed by atoms with Gasteiger partial charge in [0.2, 0.25) is 65.0 Å². The van der Waals surface area contributed by atoms with Gasteiger partial charge in [0.05, 0.1) is 31.3 Å². The Bertz CT molecular complexity index is 2750. The number of carbonyl (C=O) groups is 11. The summed E-state index contributed by atoms with van der Waals surface area (Å²) in [6, 6.07) is 6.87. The molecule has 0 aliphatic carbocycles. The van der Waals surface area contributed by atoms with Gasteiger partial charge in [-0.1, -0.05) is 102 Å². The van der Waals surface area contributed by atoms with Gasteiger partial charge in [0, 0.05) is 74.1 Å². The number of likely N-dealkylation sites (N-methyl/N-ethyl adjacent to an activating group) is 4. The van der Waals surface area contributed by atoms with E-state index in [4.69, 9.17) is 4.74 Å². The molecule has 0 spiro atoms. The van der Waals surface area contributed by atoms with Crippen LogP contribution >= 0.6 is 0 Å². The van der Waals surface area contributed by atoms with Crippen molar-refractivity contribution in [2.45, 2.75) is 193 Å². The van der Waals surface area contributed by atoms with Crippen LogP contribution in [-0.2, 0) is 70.3 Å². The molecule has 500 valence electrons. The number of hydrogen-bond acceptors (Lipinski definition) is 13. The zero-order chi connectivity index (χ0) is 67.3. The summed E-state index contributed by atoms with van der Waals surface area (Å²) in [5.41, 5.74) is 0.501. The minimum Gasteiger partial charge on any atom is -0.391 e. The zero-order valence-corrected chi connectivity index (χ0v) is 55.8. The number of ether oxygens (including phenoxy) is 1. The fourth-order valence-electron chi connectivity index (χ4n) is 10.9. The zero-order valence-electron chi connectivity index (χ0n) is 55.8. The van der Waals surface area contributed by atoms with E-state index in [1.807, 2.05) is 41.5 Å². The molecule has 2 saturated heterocycles. The van der Waals surface area contributed by atoms with Crippen LogP contribution in [0.2, 0.25) is 0 Å². The second-order valence-electron chi connectivity index (χ2n) is 26.4. The van der Waals surface area contributed by atoms with E-state index in [1.165, 1.54) is 66.7 Å². The van der Waals surface area contributed by atoms with Crippen molar-refractivity contribution in [2.24, 2.45) is 17.8 Å². The largest absolute Gasteiger partial charge is 0.391 e. The van der Waals surface area contributed by atoms with Crippen molar-refractivity contribution in [3.05, 3.63) is 71.8 Å². The molecule has 11 amide bonds. The number of nitrogens with one attached hydrogen (secondary N) is 5. The van der Waals surface area contributed by atoms with E-state index in [0.717, 1.165) is 6.42 Å². The van der Waals surface area contributed by atoms with Crippen LogP contribution < -0.4 is 26.6 Å². The van der Waals surface area contributed by atoms with Crippen LogP contribution in [-0.4, -0.2) is 228 Å². The highest BCUT2D eigenvalue weighted by molar-refractivity contribution is 5.99. The molecule has 2 aromatic carbocycles. The van der Waals surface area contributed by atoms with E-state index in [2.05, 4.69) is 26.6 Å². The Morgan fingerprint density at radius 3 is 1.56 bits per heavy atom. The van der Waals surface area contributed by atoms with E-state index < -0.39 is 138 Å². The van der Waals surface area contributed by atoms with Crippen LogP contribution in [0.3, 0.4) is 0 Å². The highest BCUT2D eigenvalue weighted by Crippen LogP contribution is 2.22. The molecule has 2 aliphatic rings. The lowest BCUT2D eigenvalue weighted by Gasteiger charge is -2.38. The summed E-state index contributed by atoms with van der Waals surface area (Å²) in [5, 5.41) is 24.9. The normalized spacial score (nSPS) is 24.5. The molecule has 90 heavy (non-hydrogen) atoms. The number of nitrogens with zero attached hydrogens (tertiary/aromatic N) is 6. The predicted molar refractivity (Wildman–Crippen MR) is 340 cm³/mol. The summed E-state index contributed by atoms with van der Waals surface area (Å²) in [6.07, 6.45) is 0.0385. The Kier molecular flexibility index (Phi) is 29.3. The second-order valence-corrected chi connectivity index (χ2v) is 26.4. The third kappa shape index (κ3) is 23.1. The van der Waals surface area contributed by atoms with Crippen molar-refractivity contribution in [3.63, 3.8) is 0 Å². The Hall–Kier alpha value is -7.47. The van der Waals surface area contributed by atoms with Crippen molar-refractivity contribution < 1.29 is 62.6 Å². The molecule has 0 aromatic heterocycles. The summed E-state index contributed by atoms with van der Waals surface area (Å²) in [5.74, 6) is -8.42. The summed E-state index contributed by atoms with van der Waals surface area (Å²) >= 11 is 0. The topological polar surface area (TPSA) is 297 Å². The van der Waals surface area contributed by atoms with Crippen molar-refractivity contribution in [1.82, 2.24) is 56.0 Å². The summed E-state index contributed by atoms with van der Waals surface area (Å²) in [7, 11) is 7.09. The number of amides is 11. The fraction of sp³-hybridized carbons (Fsp3) is 0.652. The van der Waals surface area contributed by atoms with Gasteiger partial charge in [-0.25, -0.2) is 0 Å². The van der Waals surface area contributed by atoms with Gasteiger partial charge in [0.1, 0.15) is 48.3 Å². The van der Waals surface area contributed by atoms with Gasteiger partial charge in [-0.15, -0.1) is 0 Å². The average Bonchev–Trinajstić information content (AvgIpc) is 1.11. The Morgan fingerprint density at radius 1 is 0.533 bits per heavy atom. The molecule has 2 fully saturated rings. The molecule has 9 atom stereocenters. The van der Waals surface area contributed by atoms with Gasteiger partial charge in [-0.05, 0) is 95.1 Å². The first-order chi connectivity index (χ1) is 42.2. The molecule has 0 radical (unpaired) electrons. The Morgan fingerprint density at radius 2 is 1.02 bits per heavy atom. The molecule has 0 unspecified atom stereocenters. The van der Waals surface area contributed by atoms with Crippen LogP contribution in [0.15, 0.2) is 60.7 Å². The van der Waals surface area contributed by atoms with Crippen LogP contribution in [0.25, 0.3) is 0 Å². The third-order valence-corrected chi connectivity index (χ3v) is 16.3. The number of aliphatic hydroxyl groups is 1. The van der Waals surface area contributed by atoms with Crippen LogP contribution in [0, 0.1) is 17.8 Å². The van der Waals surface area contributed by atoms with E-state index in [-0.39, 0.29) is 69.4 Å². The molecule has 2 heterocycles. The van der Waals surface area contributed by atoms with Gasteiger partial charge in [-0.2, -0.15) is 0 Å². The Balaban J connectivity index is 1.89. The molecular weight excluding hydrogens is 1150 g/mol. The van der Waals surface area contributed by atoms with Gasteiger partial charge in [0.15, 0.2) is 0 Å². The first-order valence-corrected chi connectivity index (χ1v) is 31.7. The van der Waals surface area contributed by atoms with Crippen molar-refractivity contribution in [1.29, 1.82) is 0 Å². The van der Waals surface area contributed by atoms with E-state index in [0.29, 0.717) is 37.1 Å². The van der Waals surface area contributed by atoms with E-state index >= 15 is 9.59 Å². The molecule has 2 aromatic rings. The highest BCUT2D eigenvalue weighted by atomic mass is 16.5. The van der Waals surface area contributed by atoms with Crippen LogP contribution in [0.1, 0.15) is 132 Å². The summed E-state index contributed by atoms with van der Waals surface area (Å²) in [4.78, 5) is 168. The number of carbonyl (C=O) groups excluding carboxylic acids is 11. The second kappa shape index (κ2) is 35.2. The Labute approximate surface area is 532 Å². The maximum absolute atomic E-state index is 15.2. The number of aliphatic hydroxyl groups excluding tert-OH is 1. The predicted octanol–water partition coefficient (Wildman–Crippen LogP) is 2.43. The van der Waals surface area contributed by atoms with Gasteiger partial charge in [0.25, 0.3) is 0 Å². The number of rotatable bonds is 14. The standard InChI is InChI=1S/C66H103N11O13/c1-41(2)33-50-60(84)68-47(36-45-25-19-16-20-26-45)58(82)70-49(40-90-66(8,9)10)63(87)76(15)53(35-43(5)6)65(89)75(14)51(34-42(3)4)61(85)71-57(44(7)78)62(86)69-48(64(88)77-30-23-18-24-31-77)38-55(80)72(11)32-29-54(79)73(12)52(37-46-27-21-17-22-28-46)59(83)67-39-56(81)74(50)13/h16-17,19-22,25-28,41-44,47-53,57,78H,18,23-24,29-40H2,1-15H3,(H,67,83)(H,68,84)(H,69,86)(H,70,82)(H,71,85)/t44-,47+,48+,49+,50+,51+,52+,53+,57+/m1/s1. The lowest BCUT2D eigenvalue weighted by Crippen LogP contribution is -2.62. The van der Waals surface area contributed by atoms with E-state index in [1.54, 1.807) is 86.3 Å². The SMILES string of the molecule is CC(C)C[C@H]1C(=O)N[C@@H](Cc2ccccc2)C(=O)N[C@@H](COC(C)(C)C)C(=O)N(C)[C@@H](CC(C)C)C(=O)N(C)[C@@H](CC(C)C)C(=O)N[C@@H]([C@@H](C)O)C(=O)N[C@H](C(=O)N2CCCCC2)CC(=O)N(C)CCC(=O)N(C)[C@@H](Cc2ccccc2)C(=O)NCC(=O)N1C. The minimum absolute atomic E-state index is 0.0294. The summed E-state index contributed by atoms with van der Waals surface area (Å²) in [6.45, 7) is 17.2. The van der Waals surface area contributed by atoms with Gasteiger partial charge >= 0.3 is 0 Å². The highest BCUT2D eigenvalue weighted by Gasteiger charge is 2.42. The molecule has 24 nitrogen and oxygen atoms in total. The monoisotopic (exact) mass is 1260 g/mol. The lowest BCUT2D eigenvalue weighted by molar-refractivity contribution is -0.151. The van der Waals surface area contributed by atoms with Crippen LogP contribution in [0.4, 0.5) is 0 Å². The molecule has 6 N–H and O–H groups in total. The molecule has 0 saturated carbocycles. The lowest BCUT2D eigenvalue weighted by atomic mass is 9.97. The maximum Gasteiger partial charge on any atom is 0.247 e. The van der Waals surface area contributed by atoms with Gasteiger partial charge in [-0.3, -0.25) is 52.7 Å². The number of likely N-dealkylation sites (tertiary alicyclic amines) is 1. The van der Waals surface area contributed by atoms with Gasteiger partial charge < -0.3 is 65.8 Å². The quantitative estimate of drug-likeness (QED) is 0.159. The molecule has 2 aliphatic heterocycles. The molecular formula is C66H103N11O13. The van der Waals surface area contributed by atoms with Crippen molar-refractivity contribution >= 4 is 65.0 Å². The first-order valence-electron chi connectivity index (χ1n) is 31.7. The number of piperidine rings is 1. The maximum atomic E-state index is 15.2. The van der Waals surface area contributed by atoms with Crippen molar-refractivity contribution in [3.8, 4) is 0 Å². The third-order valence-electron chi connectivity index (χ3n) is 16.3. The minimum atomic E-state index is -1.71. The number of benzene rings is 2. The van der Waals surface area contributed by atoms with Crippen molar-refractivity contribution in [2.75, 3.05) is 68.0 Å². The first kappa shape index (κ1) is 75.0. The number of hydrogen-bond donors (Lipinski definition) is 6. The molecule has 0 bridgehead atoms. The van der Waals surface area contributed by atoms with E-state index in [9.17, 15) is 48.3 Å². The molecule has 4 rings (SSSR count). The fourth-order valence-corrected chi connectivity index (χ4v) is 10.9. The molecule has 24 heteroatoms. The smallest absolute Gasteiger partial charge is 0.247 e.